The second kappa shape index (κ2) is 9.89. The molecule has 33 heavy (non-hydrogen) atoms. The molecule has 0 saturated carbocycles. The summed E-state index contributed by atoms with van der Waals surface area (Å²) in [6.45, 7) is 8.06. The molecule has 2 amide bonds. The number of aromatic nitrogens is 4. The van der Waals surface area contributed by atoms with Crippen LogP contribution in [0, 0.1) is 6.92 Å². The lowest BCUT2D eigenvalue weighted by atomic mass is 10.1. The lowest BCUT2D eigenvalue weighted by molar-refractivity contribution is -0.132. The highest BCUT2D eigenvalue weighted by Crippen LogP contribution is 2.26. The number of rotatable bonds is 7. The number of fused-ring (bicyclic) bond motifs is 1. The predicted molar refractivity (Wildman–Crippen MR) is 123 cm³/mol. The summed E-state index contributed by atoms with van der Waals surface area (Å²) in [6.07, 6.45) is 3.82. The number of para-hydroxylation sites is 1. The third-order valence-corrected chi connectivity index (χ3v) is 6.02. The van der Waals surface area contributed by atoms with Gasteiger partial charge in [0.1, 0.15) is 12.2 Å². The summed E-state index contributed by atoms with van der Waals surface area (Å²) in [6, 6.07) is 7.52. The Bertz CT molecular complexity index is 1160. The molecular formula is C24H28N6O3. The van der Waals surface area contributed by atoms with Gasteiger partial charge < -0.3 is 14.5 Å². The Balaban J connectivity index is 1.38. The van der Waals surface area contributed by atoms with Crippen LogP contribution in [-0.2, 0) is 4.79 Å². The number of aryl methyl sites for hydroxylation is 1. The Hall–Kier alpha value is -3.62. The van der Waals surface area contributed by atoms with E-state index in [0.29, 0.717) is 49.1 Å². The van der Waals surface area contributed by atoms with E-state index in [4.69, 9.17) is 4.74 Å². The summed E-state index contributed by atoms with van der Waals surface area (Å²) in [5.74, 6) is 0.941. The molecule has 0 N–H and O–H groups in total. The van der Waals surface area contributed by atoms with Crippen LogP contribution >= 0.6 is 0 Å². The first-order valence-corrected chi connectivity index (χ1v) is 11.2. The van der Waals surface area contributed by atoms with Crippen LogP contribution in [-0.4, -0.2) is 74.3 Å². The van der Waals surface area contributed by atoms with E-state index in [2.05, 4.69) is 19.9 Å². The molecule has 9 nitrogen and oxygen atoms in total. The Morgan fingerprint density at radius 2 is 1.94 bits per heavy atom. The SMILES string of the molecule is CCN(CC)C(=O)c1cnc(C2CCN(C(=O)COc3ncnc4ccccc34)C2)nc1C. The van der Waals surface area contributed by atoms with Crippen molar-refractivity contribution in [2.24, 2.45) is 0 Å². The largest absolute Gasteiger partial charge is 0.467 e. The summed E-state index contributed by atoms with van der Waals surface area (Å²) >= 11 is 0. The van der Waals surface area contributed by atoms with Gasteiger partial charge >= 0.3 is 0 Å². The number of ether oxygens (including phenoxy) is 1. The van der Waals surface area contributed by atoms with Crippen LogP contribution in [0.4, 0.5) is 0 Å². The van der Waals surface area contributed by atoms with Gasteiger partial charge in [-0.15, -0.1) is 0 Å². The van der Waals surface area contributed by atoms with Crippen LogP contribution in [0.15, 0.2) is 36.8 Å². The van der Waals surface area contributed by atoms with Gasteiger partial charge in [0.15, 0.2) is 6.61 Å². The summed E-state index contributed by atoms with van der Waals surface area (Å²) in [5.41, 5.74) is 1.96. The van der Waals surface area contributed by atoms with Crippen molar-refractivity contribution in [1.29, 1.82) is 0 Å². The second-order valence-electron chi connectivity index (χ2n) is 8.01. The van der Waals surface area contributed by atoms with Gasteiger partial charge in [-0.3, -0.25) is 9.59 Å². The first-order chi connectivity index (χ1) is 16.0. The lowest BCUT2D eigenvalue weighted by Crippen LogP contribution is -2.33. The van der Waals surface area contributed by atoms with Gasteiger partial charge in [-0.05, 0) is 39.3 Å². The van der Waals surface area contributed by atoms with E-state index in [-0.39, 0.29) is 24.3 Å². The van der Waals surface area contributed by atoms with Crippen LogP contribution in [0.3, 0.4) is 0 Å². The quantitative estimate of drug-likeness (QED) is 0.547. The maximum absolute atomic E-state index is 12.7. The van der Waals surface area contributed by atoms with Gasteiger partial charge in [-0.25, -0.2) is 19.9 Å². The van der Waals surface area contributed by atoms with Crippen molar-refractivity contribution >= 4 is 22.7 Å². The zero-order chi connectivity index (χ0) is 23.4. The zero-order valence-corrected chi connectivity index (χ0v) is 19.2. The monoisotopic (exact) mass is 448 g/mol. The standard InChI is InChI=1S/C24H28N6O3/c1-4-29(5-2)24(32)19-12-25-22(28-16(19)3)17-10-11-30(13-17)21(31)14-33-23-18-8-6-7-9-20(18)26-15-27-23/h6-9,12,15,17H,4-5,10-11,13-14H2,1-3H3. The predicted octanol–water partition coefficient (Wildman–Crippen LogP) is 2.61. The molecule has 0 spiro atoms. The van der Waals surface area contributed by atoms with Crippen LogP contribution in [0.25, 0.3) is 10.9 Å². The van der Waals surface area contributed by atoms with E-state index >= 15 is 0 Å². The number of carbonyl (C=O) groups is 2. The average molecular weight is 449 g/mol. The molecule has 1 fully saturated rings. The van der Waals surface area contributed by atoms with Crippen LogP contribution in [0.1, 0.15) is 48.1 Å². The molecule has 3 heterocycles. The van der Waals surface area contributed by atoms with Gasteiger partial charge in [0.25, 0.3) is 11.8 Å². The van der Waals surface area contributed by atoms with Gasteiger partial charge in [-0.1, -0.05) is 12.1 Å². The number of hydrogen-bond donors (Lipinski definition) is 0. The zero-order valence-electron chi connectivity index (χ0n) is 19.2. The molecule has 2 aromatic heterocycles. The molecule has 3 aromatic rings. The highest BCUT2D eigenvalue weighted by Gasteiger charge is 2.30. The third-order valence-electron chi connectivity index (χ3n) is 6.02. The summed E-state index contributed by atoms with van der Waals surface area (Å²) < 4.78 is 5.72. The van der Waals surface area contributed by atoms with E-state index in [1.54, 1.807) is 16.0 Å². The Morgan fingerprint density at radius 1 is 1.15 bits per heavy atom. The molecular weight excluding hydrogens is 420 g/mol. The van der Waals surface area contributed by atoms with E-state index in [1.165, 1.54) is 6.33 Å². The van der Waals surface area contributed by atoms with Crippen molar-refractivity contribution in [3.63, 3.8) is 0 Å². The van der Waals surface area contributed by atoms with Crippen molar-refractivity contribution in [3.8, 4) is 5.88 Å². The smallest absolute Gasteiger partial charge is 0.260 e. The highest BCUT2D eigenvalue weighted by atomic mass is 16.5. The normalized spacial score (nSPS) is 15.6. The minimum absolute atomic E-state index is 0.0325. The summed E-state index contributed by atoms with van der Waals surface area (Å²) in [5, 5.41) is 0.773. The number of amides is 2. The molecule has 1 unspecified atom stereocenters. The second-order valence-corrected chi connectivity index (χ2v) is 8.01. The number of nitrogens with zero attached hydrogens (tertiary/aromatic N) is 6. The molecule has 0 aliphatic carbocycles. The third kappa shape index (κ3) is 4.76. The Kier molecular flexibility index (Phi) is 6.76. The minimum atomic E-state index is -0.106. The summed E-state index contributed by atoms with van der Waals surface area (Å²) in [7, 11) is 0. The Morgan fingerprint density at radius 3 is 2.70 bits per heavy atom. The number of likely N-dealkylation sites (tertiary alicyclic amines) is 1. The van der Waals surface area contributed by atoms with Crippen molar-refractivity contribution in [3.05, 3.63) is 53.9 Å². The van der Waals surface area contributed by atoms with E-state index in [1.807, 2.05) is 45.0 Å². The number of carbonyl (C=O) groups excluding carboxylic acids is 2. The molecule has 4 rings (SSSR count). The van der Waals surface area contributed by atoms with Crippen molar-refractivity contribution in [1.82, 2.24) is 29.7 Å². The maximum atomic E-state index is 12.7. The van der Waals surface area contributed by atoms with Crippen LogP contribution in [0.5, 0.6) is 5.88 Å². The van der Waals surface area contributed by atoms with Crippen LogP contribution < -0.4 is 4.74 Å². The lowest BCUT2D eigenvalue weighted by Gasteiger charge is -2.20. The van der Waals surface area contributed by atoms with Crippen LogP contribution in [0.2, 0.25) is 0 Å². The highest BCUT2D eigenvalue weighted by molar-refractivity contribution is 5.94. The first-order valence-electron chi connectivity index (χ1n) is 11.2. The molecule has 1 aromatic carbocycles. The maximum Gasteiger partial charge on any atom is 0.260 e. The van der Waals surface area contributed by atoms with Gasteiger partial charge in [0.2, 0.25) is 5.88 Å². The van der Waals surface area contributed by atoms with Gasteiger partial charge in [0, 0.05) is 38.3 Å². The van der Waals surface area contributed by atoms with E-state index < -0.39 is 0 Å². The molecule has 1 aliphatic heterocycles. The molecule has 0 bridgehead atoms. The summed E-state index contributed by atoms with van der Waals surface area (Å²) in [4.78, 5) is 46.4. The fraction of sp³-hybridized carbons (Fsp3) is 0.417. The van der Waals surface area contributed by atoms with E-state index in [9.17, 15) is 9.59 Å². The van der Waals surface area contributed by atoms with Crippen molar-refractivity contribution in [2.75, 3.05) is 32.8 Å². The van der Waals surface area contributed by atoms with Crippen molar-refractivity contribution in [2.45, 2.75) is 33.1 Å². The Labute approximate surface area is 192 Å². The molecule has 0 radical (unpaired) electrons. The number of benzene rings is 1. The first kappa shape index (κ1) is 22.6. The molecule has 1 saturated heterocycles. The fourth-order valence-electron chi connectivity index (χ4n) is 4.09. The molecule has 172 valence electrons. The van der Waals surface area contributed by atoms with Crippen molar-refractivity contribution < 1.29 is 14.3 Å². The molecule has 9 heteroatoms. The minimum Gasteiger partial charge on any atom is -0.467 e. The van der Waals surface area contributed by atoms with E-state index in [0.717, 1.165) is 17.3 Å². The fourth-order valence-corrected chi connectivity index (χ4v) is 4.09. The molecule has 1 atom stereocenters. The topological polar surface area (TPSA) is 101 Å². The van der Waals surface area contributed by atoms with Gasteiger partial charge in [-0.2, -0.15) is 0 Å². The van der Waals surface area contributed by atoms with Gasteiger partial charge in [0.05, 0.1) is 22.2 Å². The average Bonchev–Trinajstić information content (AvgIpc) is 3.33. The molecule has 1 aliphatic rings. The number of hydrogen-bond acceptors (Lipinski definition) is 7.